The smallest absolute Gasteiger partial charge is 0.122 e. The van der Waals surface area contributed by atoms with Gasteiger partial charge >= 0.3 is 0 Å². The molecule has 2 nitrogen and oxygen atoms in total. The maximum absolute atomic E-state index is 5.78. The van der Waals surface area contributed by atoms with Crippen molar-refractivity contribution in [1.29, 1.82) is 0 Å². The fourth-order valence-corrected chi connectivity index (χ4v) is 1.92. The number of rotatable bonds is 4. The SMILES string of the molecule is COc1cc(C)cc(C)c1CC(C)(C)CN. The number of aryl methyl sites for hydroxylation is 2. The van der Waals surface area contributed by atoms with Gasteiger partial charge in [0.25, 0.3) is 0 Å². The first kappa shape index (κ1) is 13.0. The first-order valence-corrected chi connectivity index (χ1v) is 5.74. The highest BCUT2D eigenvalue weighted by Crippen LogP contribution is 2.30. The summed E-state index contributed by atoms with van der Waals surface area (Å²) in [6.45, 7) is 9.28. The van der Waals surface area contributed by atoms with Crippen LogP contribution in [0.3, 0.4) is 0 Å². The van der Waals surface area contributed by atoms with Crippen molar-refractivity contribution in [3.63, 3.8) is 0 Å². The van der Waals surface area contributed by atoms with Gasteiger partial charge in [-0.15, -0.1) is 0 Å². The lowest BCUT2D eigenvalue weighted by Gasteiger charge is -2.25. The van der Waals surface area contributed by atoms with Gasteiger partial charge in [-0.2, -0.15) is 0 Å². The molecule has 0 atom stereocenters. The standard InChI is InChI=1S/C14H23NO/c1-10-6-11(2)12(13(7-10)16-5)8-14(3,4)9-15/h6-7H,8-9,15H2,1-5H3. The largest absolute Gasteiger partial charge is 0.496 e. The Kier molecular flexibility index (Phi) is 3.98. The zero-order valence-corrected chi connectivity index (χ0v) is 11.1. The highest BCUT2D eigenvalue weighted by molar-refractivity contribution is 5.43. The van der Waals surface area contributed by atoms with Crippen LogP contribution in [0, 0.1) is 19.3 Å². The predicted molar refractivity (Wildman–Crippen MR) is 69.0 cm³/mol. The third kappa shape index (κ3) is 2.99. The molecule has 0 aromatic heterocycles. The second-order valence-electron chi connectivity index (χ2n) is 5.31. The van der Waals surface area contributed by atoms with Gasteiger partial charge in [0.1, 0.15) is 5.75 Å². The lowest BCUT2D eigenvalue weighted by molar-refractivity contribution is 0.358. The van der Waals surface area contributed by atoms with Crippen molar-refractivity contribution in [2.75, 3.05) is 13.7 Å². The van der Waals surface area contributed by atoms with Gasteiger partial charge in [0.05, 0.1) is 7.11 Å². The van der Waals surface area contributed by atoms with E-state index in [-0.39, 0.29) is 5.41 Å². The van der Waals surface area contributed by atoms with Crippen molar-refractivity contribution in [1.82, 2.24) is 0 Å². The van der Waals surface area contributed by atoms with Gasteiger partial charge in [0, 0.05) is 0 Å². The normalized spacial score (nSPS) is 11.6. The van der Waals surface area contributed by atoms with E-state index >= 15 is 0 Å². The maximum atomic E-state index is 5.78. The first-order chi connectivity index (χ1) is 7.39. The van der Waals surface area contributed by atoms with Crippen LogP contribution in [0.25, 0.3) is 0 Å². The third-order valence-corrected chi connectivity index (χ3v) is 3.00. The zero-order chi connectivity index (χ0) is 12.3. The predicted octanol–water partition coefficient (Wildman–Crippen LogP) is 2.84. The number of hydrogen-bond donors (Lipinski definition) is 1. The second-order valence-corrected chi connectivity index (χ2v) is 5.31. The van der Waals surface area contributed by atoms with E-state index in [0.717, 1.165) is 12.2 Å². The molecular formula is C14H23NO. The molecule has 0 fully saturated rings. The summed E-state index contributed by atoms with van der Waals surface area (Å²) in [5.41, 5.74) is 9.71. The fourth-order valence-electron chi connectivity index (χ4n) is 1.92. The molecule has 90 valence electrons. The molecule has 0 bridgehead atoms. The molecule has 0 aliphatic rings. The lowest BCUT2D eigenvalue weighted by atomic mass is 9.84. The van der Waals surface area contributed by atoms with Crippen LogP contribution in [0.15, 0.2) is 12.1 Å². The first-order valence-electron chi connectivity index (χ1n) is 5.74. The Balaban J connectivity index is 3.12. The van der Waals surface area contributed by atoms with E-state index in [1.54, 1.807) is 7.11 Å². The Morgan fingerprint density at radius 2 is 1.88 bits per heavy atom. The Hall–Kier alpha value is -1.02. The minimum Gasteiger partial charge on any atom is -0.496 e. The van der Waals surface area contributed by atoms with Gasteiger partial charge in [-0.1, -0.05) is 19.9 Å². The molecule has 0 saturated carbocycles. The molecule has 2 heteroatoms. The van der Waals surface area contributed by atoms with Crippen molar-refractivity contribution < 1.29 is 4.74 Å². The summed E-state index contributed by atoms with van der Waals surface area (Å²) in [5, 5.41) is 0. The van der Waals surface area contributed by atoms with Crippen LogP contribution in [0.2, 0.25) is 0 Å². The molecule has 0 unspecified atom stereocenters. The van der Waals surface area contributed by atoms with Crippen molar-refractivity contribution in [2.24, 2.45) is 11.1 Å². The summed E-state index contributed by atoms with van der Waals surface area (Å²) in [4.78, 5) is 0. The van der Waals surface area contributed by atoms with Crippen LogP contribution in [-0.2, 0) is 6.42 Å². The van der Waals surface area contributed by atoms with Gasteiger partial charge in [-0.05, 0) is 55.0 Å². The van der Waals surface area contributed by atoms with Gasteiger partial charge in [-0.25, -0.2) is 0 Å². The number of methoxy groups -OCH3 is 1. The molecule has 2 N–H and O–H groups in total. The van der Waals surface area contributed by atoms with Gasteiger partial charge < -0.3 is 10.5 Å². The van der Waals surface area contributed by atoms with Gasteiger partial charge in [0.15, 0.2) is 0 Å². The van der Waals surface area contributed by atoms with E-state index in [1.165, 1.54) is 16.7 Å². The number of ether oxygens (including phenoxy) is 1. The monoisotopic (exact) mass is 221 g/mol. The van der Waals surface area contributed by atoms with Crippen LogP contribution in [0.5, 0.6) is 5.75 Å². The van der Waals surface area contributed by atoms with E-state index in [2.05, 4.69) is 39.8 Å². The van der Waals surface area contributed by atoms with Crippen molar-refractivity contribution in [3.05, 3.63) is 28.8 Å². The molecule has 0 saturated heterocycles. The summed E-state index contributed by atoms with van der Waals surface area (Å²) in [7, 11) is 1.73. The third-order valence-electron chi connectivity index (χ3n) is 3.00. The lowest BCUT2D eigenvalue weighted by Crippen LogP contribution is -2.26. The van der Waals surface area contributed by atoms with Crippen LogP contribution < -0.4 is 10.5 Å². The maximum Gasteiger partial charge on any atom is 0.122 e. The molecule has 16 heavy (non-hydrogen) atoms. The molecular weight excluding hydrogens is 198 g/mol. The molecule has 1 rings (SSSR count). The number of hydrogen-bond acceptors (Lipinski definition) is 2. The average molecular weight is 221 g/mol. The summed E-state index contributed by atoms with van der Waals surface area (Å²) in [6.07, 6.45) is 0.957. The zero-order valence-electron chi connectivity index (χ0n) is 11.1. The molecule has 0 radical (unpaired) electrons. The van der Waals surface area contributed by atoms with Crippen LogP contribution >= 0.6 is 0 Å². The summed E-state index contributed by atoms with van der Waals surface area (Å²) < 4.78 is 5.46. The molecule has 0 amide bonds. The Morgan fingerprint density at radius 1 is 1.25 bits per heavy atom. The Labute approximate surface area is 98.8 Å². The van der Waals surface area contributed by atoms with Crippen molar-refractivity contribution in [3.8, 4) is 5.75 Å². The van der Waals surface area contributed by atoms with E-state index in [1.807, 2.05) is 0 Å². The van der Waals surface area contributed by atoms with E-state index in [4.69, 9.17) is 10.5 Å². The highest BCUT2D eigenvalue weighted by atomic mass is 16.5. The summed E-state index contributed by atoms with van der Waals surface area (Å²) >= 11 is 0. The molecule has 1 aromatic carbocycles. The number of nitrogens with two attached hydrogens (primary N) is 1. The van der Waals surface area contributed by atoms with Crippen LogP contribution in [0.4, 0.5) is 0 Å². The summed E-state index contributed by atoms with van der Waals surface area (Å²) in [6, 6.07) is 4.29. The topological polar surface area (TPSA) is 35.2 Å². The molecule has 0 aliphatic carbocycles. The van der Waals surface area contributed by atoms with Gasteiger partial charge in [-0.3, -0.25) is 0 Å². The Bertz CT molecular complexity index is 369. The van der Waals surface area contributed by atoms with Gasteiger partial charge in [0.2, 0.25) is 0 Å². The molecule has 0 heterocycles. The Morgan fingerprint density at radius 3 is 2.38 bits per heavy atom. The molecule has 1 aromatic rings. The van der Waals surface area contributed by atoms with E-state index in [9.17, 15) is 0 Å². The average Bonchev–Trinajstić information content (AvgIpc) is 2.21. The quantitative estimate of drug-likeness (QED) is 0.848. The molecule has 0 aliphatic heterocycles. The summed E-state index contributed by atoms with van der Waals surface area (Å²) in [5.74, 6) is 0.985. The molecule has 0 spiro atoms. The van der Waals surface area contributed by atoms with Crippen molar-refractivity contribution in [2.45, 2.75) is 34.1 Å². The number of benzene rings is 1. The van der Waals surface area contributed by atoms with E-state index in [0.29, 0.717) is 6.54 Å². The highest BCUT2D eigenvalue weighted by Gasteiger charge is 2.20. The van der Waals surface area contributed by atoms with Crippen LogP contribution in [0.1, 0.15) is 30.5 Å². The minimum absolute atomic E-state index is 0.118. The van der Waals surface area contributed by atoms with E-state index < -0.39 is 0 Å². The van der Waals surface area contributed by atoms with Crippen LogP contribution in [-0.4, -0.2) is 13.7 Å². The fraction of sp³-hybridized carbons (Fsp3) is 0.571. The minimum atomic E-state index is 0.118. The van der Waals surface area contributed by atoms with Crippen molar-refractivity contribution >= 4 is 0 Å². The second kappa shape index (κ2) is 4.88.